The molecule has 0 radical (unpaired) electrons. The van der Waals surface area contributed by atoms with Crippen LogP contribution in [0.4, 0.5) is 0 Å². The maximum atomic E-state index is 11.3. The fourth-order valence-electron chi connectivity index (χ4n) is 1.02. The normalized spacial score (nSPS) is 13.4. The first kappa shape index (κ1) is 14.9. The lowest BCUT2D eigenvalue weighted by molar-refractivity contribution is -0.149. The smallest absolute Gasteiger partial charge is 0.325 e. The van der Waals surface area contributed by atoms with Crippen LogP contribution in [0.15, 0.2) is 30.3 Å². The number of ether oxygens (including phenoxy) is 1. The number of nitrogens with two attached hydrogens (primary N) is 1. The molecule has 2 atom stereocenters. The second kappa shape index (κ2) is 7.22. The van der Waals surface area contributed by atoms with Gasteiger partial charge in [0.05, 0.1) is 6.10 Å². The summed E-state index contributed by atoms with van der Waals surface area (Å²) in [4.78, 5) is 11.3. The lowest BCUT2D eigenvalue weighted by Gasteiger charge is -2.13. The Bertz CT molecular complexity index is 316. The van der Waals surface area contributed by atoms with Crippen molar-refractivity contribution in [1.29, 1.82) is 0 Å². The van der Waals surface area contributed by atoms with E-state index in [1.807, 2.05) is 30.3 Å². The zero-order valence-electron chi connectivity index (χ0n) is 9.00. The van der Waals surface area contributed by atoms with Gasteiger partial charge in [-0.25, -0.2) is 0 Å². The lowest BCUT2D eigenvalue weighted by Crippen LogP contribution is -2.41. The third-order valence-corrected chi connectivity index (χ3v) is 2.02. The Hall–Kier alpha value is -1.10. The molecular weight excluding hydrogens is 230 g/mol. The Labute approximate surface area is 101 Å². The van der Waals surface area contributed by atoms with Gasteiger partial charge in [-0.1, -0.05) is 30.3 Å². The second-order valence-electron chi connectivity index (χ2n) is 3.36. The van der Waals surface area contributed by atoms with Crippen molar-refractivity contribution in [2.45, 2.75) is 25.7 Å². The molecule has 0 saturated heterocycles. The molecule has 0 fully saturated rings. The molecule has 90 valence electrons. The fourth-order valence-corrected chi connectivity index (χ4v) is 1.02. The van der Waals surface area contributed by atoms with Crippen molar-refractivity contribution in [2.24, 2.45) is 5.73 Å². The Morgan fingerprint density at radius 2 is 2.00 bits per heavy atom. The molecule has 0 heterocycles. The number of carbonyl (C=O) groups excluding carboxylic acids is 1. The Balaban J connectivity index is 0.00000225. The van der Waals surface area contributed by atoms with Gasteiger partial charge in [0.15, 0.2) is 0 Å². The van der Waals surface area contributed by atoms with Crippen LogP contribution in [0, 0.1) is 0 Å². The fraction of sp³-hybridized carbons (Fsp3) is 0.364. The van der Waals surface area contributed by atoms with Crippen molar-refractivity contribution >= 4 is 18.4 Å². The van der Waals surface area contributed by atoms with Gasteiger partial charge in [-0.3, -0.25) is 4.79 Å². The number of esters is 1. The Morgan fingerprint density at radius 3 is 2.50 bits per heavy atom. The average molecular weight is 246 g/mol. The molecule has 0 aromatic heterocycles. The van der Waals surface area contributed by atoms with Gasteiger partial charge in [-0.05, 0) is 12.5 Å². The van der Waals surface area contributed by atoms with E-state index in [4.69, 9.17) is 15.6 Å². The first-order valence-corrected chi connectivity index (χ1v) is 4.75. The summed E-state index contributed by atoms with van der Waals surface area (Å²) in [6.45, 7) is 1.63. The number of aliphatic hydroxyl groups is 1. The zero-order chi connectivity index (χ0) is 11.3. The van der Waals surface area contributed by atoms with E-state index in [1.54, 1.807) is 0 Å². The van der Waals surface area contributed by atoms with Crippen molar-refractivity contribution in [1.82, 2.24) is 0 Å². The summed E-state index contributed by atoms with van der Waals surface area (Å²) >= 11 is 0. The molecule has 0 saturated carbocycles. The maximum Gasteiger partial charge on any atom is 0.325 e. The largest absolute Gasteiger partial charge is 0.460 e. The van der Waals surface area contributed by atoms with E-state index in [2.05, 4.69) is 0 Å². The third-order valence-electron chi connectivity index (χ3n) is 2.02. The highest BCUT2D eigenvalue weighted by Crippen LogP contribution is 2.02. The quantitative estimate of drug-likeness (QED) is 0.772. The number of aliphatic hydroxyl groups excluding tert-OH is 1. The standard InChI is InChI=1S/C11H15NO3.ClH/c1-8(13)10(12)11(14)15-7-9-5-3-2-4-6-9;/h2-6,8,10,13H,7,12H2,1H3;1H. The van der Waals surface area contributed by atoms with E-state index >= 15 is 0 Å². The maximum absolute atomic E-state index is 11.3. The highest BCUT2D eigenvalue weighted by Gasteiger charge is 2.19. The number of rotatable bonds is 4. The summed E-state index contributed by atoms with van der Waals surface area (Å²) in [7, 11) is 0. The minimum Gasteiger partial charge on any atom is -0.460 e. The summed E-state index contributed by atoms with van der Waals surface area (Å²) in [5.41, 5.74) is 6.29. The van der Waals surface area contributed by atoms with Crippen LogP contribution in [0.3, 0.4) is 0 Å². The number of benzene rings is 1. The van der Waals surface area contributed by atoms with Gasteiger partial charge >= 0.3 is 5.97 Å². The lowest BCUT2D eigenvalue weighted by atomic mass is 10.2. The van der Waals surface area contributed by atoms with Crippen LogP contribution in [-0.2, 0) is 16.1 Å². The second-order valence-corrected chi connectivity index (χ2v) is 3.36. The number of carbonyl (C=O) groups is 1. The van der Waals surface area contributed by atoms with E-state index < -0.39 is 18.1 Å². The van der Waals surface area contributed by atoms with Crippen LogP contribution in [0.25, 0.3) is 0 Å². The topological polar surface area (TPSA) is 72.5 Å². The minimum absolute atomic E-state index is 0. The van der Waals surface area contributed by atoms with Crippen LogP contribution in [-0.4, -0.2) is 23.2 Å². The molecule has 1 rings (SSSR count). The molecule has 0 aliphatic rings. The molecule has 4 nitrogen and oxygen atoms in total. The molecule has 0 spiro atoms. The first-order chi connectivity index (χ1) is 7.11. The van der Waals surface area contributed by atoms with Crippen molar-refractivity contribution in [2.75, 3.05) is 0 Å². The molecule has 5 heteroatoms. The van der Waals surface area contributed by atoms with Gasteiger partial charge in [0, 0.05) is 0 Å². The van der Waals surface area contributed by atoms with Gasteiger partial charge in [0.25, 0.3) is 0 Å². The van der Waals surface area contributed by atoms with Crippen molar-refractivity contribution in [3.05, 3.63) is 35.9 Å². The highest BCUT2D eigenvalue weighted by molar-refractivity contribution is 5.85. The van der Waals surface area contributed by atoms with Crippen molar-refractivity contribution in [3.8, 4) is 0 Å². The molecule has 0 bridgehead atoms. The van der Waals surface area contributed by atoms with E-state index in [9.17, 15) is 4.79 Å². The molecule has 0 aliphatic carbocycles. The molecule has 3 N–H and O–H groups in total. The molecule has 1 aromatic carbocycles. The van der Waals surface area contributed by atoms with Crippen molar-refractivity contribution < 1.29 is 14.6 Å². The highest BCUT2D eigenvalue weighted by atomic mass is 35.5. The monoisotopic (exact) mass is 245 g/mol. The summed E-state index contributed by atoms with van der Waals surface area (Å²) in [6.07, 6.45) is -0.895. The van der Waals surface area contributed by atoms with Gasteiger partial charge in [-0.15, -0.1) is 12.4 Å². The Morgan fingerprint density at radius 1 is 1.44 bits per heavy atom. The summed E-state index contributed by atoms with van der Waals surface area (Å²) in [6, 6.07) is 8.32. The zero-order valence-corrected chi connectivity index (χ0v) is 9.81. The van der Waals surface area contributed by atoms with Gasteiger partial charge in [-0.2, -0.15) is 0 Å². The average Bonchev–Trinajstić information content (AvgIpc) is 2.26. The van der Waals surface area contributed by atoms with E-state index in [0.717, 1.165) is 5.56 Å². The van der Waals surface area contributed by atoms with Crippen LogP contribution in [0.1, 0.15) is 12.5 Å². The number of hydrogen-bond acceptors (Lipinski definition) is 4. The SMILES string of the molecule is CC(O)C(N)C(=O)OCc1ccccc1.Cl. The molecule has 2 unspecified atom stereocenters. The van der Waals surface area contributed by atoms with Gasteiger partial charge < -0.3 is 15.6 Å². The summed E-state index contributed by atoms with van der Waals surface area (Å²) < 4.78 is 4.93. The minimum atomic E-state index is -0.978. The van der Waals surface area contributed by atoms with Crippen LogP contribution < -0.4 is 5.73 Å². The van der Waals surface area contributed by atoms with Crippen molar-refractivity contribution in [3.63, 3.8) is 0 Å². The van der Waals surface area contributed by atoms with Gasteiger partial charge in [0.2, 0.25) is 0 Å². The first-order valence-electron chi connectivity index (χ1n) is 4.75. The summed E-state index contributed by atoms with van der Waals surface area (Å²) in [5.74, 6) is -0.589. The predicted octanol–water partition coefficient (Wildman–Crippen LogP) is 0.860. The van der Waals surface area contributed by atoms with Crippen LogP contribution in [0.5, 0.6) is 0 Å². The Kier molecular flexibility index (Phi) is 6.72. The van der Waals surface area contributed by atoms with Crippen LogP contribution >= 0.6 is 12.4 Å². The van der Waals surface area contributed by atoms with Crippen LogP contribution in [0.2, 0.25) is 0 Å². The van der Waals surface area contributed by atoms with E-state index in [-0.39, 0.29) is 19.0 Å². The van der Waals surface area contributed by atoms with E-state index in [1.165, 1.54) is 6.92 Å². The van der Waals surface area contributed by atoms with E-state index in [0.29, 0.717) is 0 Å². The molecule has 0 aliphatic heterocycles. The van der Waals surface area contributed by atoms with Gasteiger partial charge in [0.1, 0.15) is 12.6 Å². The number of hydrogen-bond donors (Lipinski definition) is 2. The third kappa shape index (κ3) is 4.61. The molecule has 16 heavy (non-hydrogen) atoms. The number of halogens is 1. The molecule has 1 aromatic rings. The molecular formula is C11H16ClNO3. The molecule has 0 amide bonds. The summed E-state index contributed by atoms with van der Waals surface area (Å²) in [5, 5.41) is 9.06. The predicted molar refractivity (Wildman–Crippen MR) is 63.1 cm³/mol.